The molecule has 0 aromatic carbocycles. The molecule has 0 saturated heterocycles. The molecule has 17 heavy (non-hydrogen) atoms. The zero-order valence-corrected chi connectivity index (χ0v) is 12.4. The number of rotatable bonds is 10. The predicted octanol–water partition coefficient (Wildman–Crippen LogP) is 5.34. The summed E-state index contributed by atoms with van der Waals surface area (Å²) in [6.45, 7) is 10.2. The lowest BCUT2D eigenvalue weighted by molar-refractivity contribution is 0.282. The van der Waals surface area contributed by atoms with Crippen LogP contribution in [0.2, 0.25) is 0 Å². The van der Waals surface area contributed by atoms with Crippen molar-refractivity contribution >= 4 is 0 Å². The fraction of sp³-hybridized carbons (Fsp3) is 0.875. The zero-order valence-electron chi connectivity index (χ0n) is 12.4. The van der Waals surface area contributed by atoms with Gasteiger partial charge in [-0.05, 0) is 19.3 Å². The van der Waals surface area contributed by atoms with E-state index in [2.05, 4.69) is 20.4 Å². The minimum Gasteiger partial charge on any atom is -0.396 e. The van der Waals surface area contributed by atoms with Crippen LogP contribution in [0.15, 0.2) is 12.7 Å². The predicted molar refractivity (Wildman–Crippen MR) is 79.3 cm³/mol. The van der Waals surface area contributed by atoms with Crippen LogP contribution in [0.3, 0.4) is 0 Å². The van der Waals surface area contributed by atoms with Crippen LogP contribution in [0, 0.1) is 5.92 Å². The van der Waals surface area contributed by atoms with Crippen LogP contribution in [0.4, 0.5) is 0 Å². The molecular formula is C16H34O. The van der Waals surface area contributed by atoms with E-state index in [1.807, 2.05) is 6.92 Å². The average molecular weight is 242 g/mol. The first-order chi connectivity index (χ1) is 8.18. The van der Waals surface area contributed by atoms with Gasteiger partial charge in [0, 0.05) is 6.61 Å². The summed E-state index contributed by atoms with van der Waals surface area (Å²) in [7, 11) is 0. The Kier molecular flexibility index (Phi) is 20.3. The molecule has 0 spiro atoms. The quantitative estimate of drug-likeness (QED) is 0.405. The highest BCUT2D eigenvalue weighted by Crippen LogP contribution is 2.12. The average Bonchev–Trinajstić information content (AvgIpc) is 2.27. The van der Waals surface area contributed by atoms with E-state index in [0.29, 0.717) is 6.61 Å². The summed E-state index contributed by atoms with van der Waals surface area (Å²) < 4.78 is 0. The lowest BCUT2D eigenvalue weighted by atomic mass is 10.0. The fourth-order valence-corrected chi connectivity index (χ4v) is 1.73. The first-order valence-corrected chi connectivity index (χ1v) is 7.36. The molecule has 0 unspecified atom stereocenters. The van der Waals surface area contributed by atoms with Gasteiger partial charge in [-0.25, -0.2) is 0 Å². The van der Waals surface area contributed by atoms with Crippen LogP contribution in [0.25, 0.3) is 0 Å². The van der Waals surface area contributed by atoms with Gasteiger partial charge in [-0.1, -0.05) is 71.3 Å². The summed E-state index contributed by atoms with van der Waals surface area (Å²) >= 11 is 0. The fourth-order valence-electron chi connectivity index (χ4n) is 1.73. The van der Waals surface area contributed by atoms with E-state index < -0.39 is 0 Å². The Morgan fingerprint density at radius 3 is 1.59 bits per heavy atom. The Morgan fingerprint density at radius 1 is 0.882 bits per heavy atom. The van der Waals surface area contributed by atoms with Crippen LogP contribution >= 0.6 is 0 Å². The van der Waals surface area contributed by atoms with Gasteiger partial charge in [-0.15, -0.1) is 6.58 Å². The topological polar surface area (TPSA) is 20.2 Å². The van der Waals surface area contributed by atoms with Gasteiger partial charge in [0.15, 0.2) is 0 Å². The van der Waals surface area contributed by atoms with Gasteiger partial charge >= 0.3 is 0 Å². The number of aliphatic hydroxyl groups excluding tert-OH is 1. The van der Waals surface area contributed by atoms with Crippen LogP contribution in [0.1, 0.15) is 78.6 Å². The Morgan fingerprint density at radius 2 is 1.24 bits per heavy atom. The molecule has 0 bridgehead atoms. The minimum absolute atomic E-state index is 0.369. The van der Waals surface area contributed by atoms with Crippen molar-refractivity contribution in [3.8, 4) is 0 Å². The third-order valence-corrected chi connectivity index (χ3v) is 2.69. The second-order valence-electron chi connectivity index (χ2n) is 5.14. The molecule has 104 valence electrons. The van der Waals surface area contributed by atoms with Crippen LogP contribution in [0.5, 0.6) is 0 Å². The molecule has 0 heterocycles. The molecule has 0 atom stereocenters. The van der Waals surface area contributed by atoms with Crippen molar-refractivity contribution in [1.29, 1.82) is 0 Å². The summed E-state index contributed by atoms with van der Waals surface area (Å²) in [6.07, 6.45) is 13.6. The van der Waals surface area contributed by atoms with Crippen LogP contribution < -0.4 is 0 Å². The van der Waals surface area contributed by atoms with Crippen LogP contribution in [-0.2, 0) is 0 Å². The highest BCUT2D eigenvalue weighted by atomic mass is 16.2. The Labute approximate surface area is 109 Å². The van der Waals surface area contributed by atoms with Crippen molar-refractivity contribution < 1.29 is 5.11 Å². The first-order valence-electron chi connectivity index (χ1n) is 7.36. The van der Waals surface area contributed by atoms with Gasteiger partial charge in [-0.2, -0.15) is 0 Å². The normalized spacial score (nSPS) is 9.94. The molecule has 0 rings (SSSR count). The zero-order chi connectivity index (χ0) is 13.4. The summed E-state index contributed by atoms with van der Waals surface area (Å²) in [5, 5.41) is 8.59. The first kappa shape index (κ1) is 19.0. The standard InChI is InChI=1S/C13H28O.C3H6/c1-13(2)11-9-7-5-3-4-6-8-10-12-14;1-3-2/h13-14H,3-12H2,1-2H3;3H,1H2,2H3. The lowest BCUT2D eigenvalue weighted by Gasteiger charge is -2.04. The van der Waals surface area contributed by atoms with E-state index in [1.54, 1.807) is 6.08 Å². The summed E-state index contributed by atoms with van der Waals surface area (Å²) in [5.41, 5.74) is 0. The van der Waals surface area contributed by atoms with Crippen molar-refractivity contribution in [3.05, 3.63) is 12.7 Å². The van der Waals surface area contributed by atoms with E-state index in [0.717, 1.165) is 12.3 Å². The number of hydrogen-bond donors (Lipinski definition) is 1. The summed E-state index contributed by atoms with van der Waals surface area (Å²) in [5.74, 6) is 0.875. The van der Waals surface area contributed by atoms with E-state index in [-0.39, 0.29) is 0 Å². The number of hydrogen-bond acceptors (Lipinski definition) is 1. The molecular weight excluding hydrogens is 208 g/mol. The molecule has 0 amide bonds. The van der Waals surface area contributed by atoms with Crippen molar-refractivity contribution in [2.75, 3.05) is 6.61 Å². The van der Waals surface area contributed by atoms with Crippen molar-refractivity contribution in [2.45, 2.75) is 78.6 Å². The minimum atomic E-state index is 0.369. The molecule has 0 aromatic rings. The Hall–Kier alpha value is -0.300. The third-order valence-electron chi connectivity index (χ3n) is 2.69. The lowest BCUT2D eigenvalue weighted by Crippen LogP contribution is -1.87. The van der Waals surface area contributed by atoms with Gasteiger partial charge in [0.25, 0.3) is 0 Å². The third kappa shape index (κ3) is 25.7. The molecule has 0 saturated carbocycles. The second kappa shape index (κ2) is 18.1. The maximum Gasteiger partial charge on any atom is 0.0431 e. The van der Waals surface area contributed by atoms with Crippen molar-refractivity contribution in [3.63, 3.8) is 0 Å². The van der Waals surface area contributed by atoms with Gasteiger partial charge < -0.3 is 5.11 Å². The van der Waals surface area contributed by atoms with E-state index in [1.165, 1.54) is 51.4 Å². The van der Waals surface area contributed by atoms with Gasteiger partial charge in [0.1, 0.15) is 0 Å². The van der Waals surface area contributed by atoms with Crippen molar-refractivity contribution in [2.24, 2.45) is 5.92 Å². The maximum atomic E-state index is 8.59. The number of aliphatic hydroxyl groups is 1. The molecule has 1 nitrogen and oxygen atoms in total. The highest BCUT2D eigenvalue weighted by Gasteiger charge is 1.94. The number of unbranched alkanes of at least 4 members (excludes halogenated alkanes) is 7. The highest BCUT2D eigenvalue weighted by molar-refractivity contribution is 4.51. The molecule has 0 aromatic heterocycles. The maximum absolute atomic E-state index is 8.59. The molecule has 0 radical (unpaired) electrons. The van der Waals surface area contributed by atoms with Gasteiger partial charge in [0.2, 0.25) is 0 Å². The van der Waals surface area contributed by atoms with E-state index >= 15 is 0 Å². The van der Waals surface area contributed by atoms with Gasteiger partial charge in [0.05, 0.1) is 0 Å². The molecule has 0 fully saturated rings. The molecule has 0 aliphatic carbocycles. The number of allylic oxidation sites excluding steroid dienone is 1. The summed E-state index contributed by atoms with van der Waals surface area (Å²) in [4.78, 5) is 0. The second-order valence-corrected chi connectivity index (χ2v) is 5.14. The Bertz CT molecular complexity index is 129. The van der Waals surface area contributed by atoms with E-state index in [4.69, 9.17) is 5.11 Å². The largest absolute Gasteiger partial charge is 0.396 e. The molecule has 0 aliphatic rings. The van der Waals surface area contributed by atoms with Crippen LogP contribution in [-0.4, -0.2) is 11.7 Å². The Balaban J connectivity index is 0. The summed E-state index contributed by atoms with van der Waals surface area (Å²) in [6, 6.07) is 0. The molecule has 1 heteroatoms. The SMILES string of the molecule is C=CC.CC(C)CCCCCCCCCCO. The molecule has 1 N–H and O–H groups in total. The van der Waals surface area contributed by atoms with Crippen molar-refractivity contribution in [1.82, 2.24) is 0 Å². The van der Waals surface area contributed by atoms with Gasteiger partial charge in [-0.3, -0.25) is 0 Å². The monoisotopic (exact) mass is 242 g/mol. The molecule has 0 aliphatic heterocycles. The smallest absolute Gasteiger partial charge is 0.0431 e. The van der Waals surface area contributed by atoms with E-state index in [9.17, 15) is 0 Å².